The summed E-state index contributed by atoms with van der Waals surface area (Å²) in [4.78, 5) is 4.36. The highest BCUT2D eigenvalue weighted by molar-refractivity contribution is 5.48. The summed E-state index contributed by atoms with van der Waals surface area (Å²) < 4.78 is 40.0. The van der Waals surface area contributed by atoms with E-state index >= 15 is 0 Å². The normalized spacial score (nSPS) is 14.2. The van der Waals surface area contributed by atoms with Crippen LogP contribution in [0.15, 0.2) is 18.3 Å². The molecule has 0 saturated carbocycles. The summed E-state index contributed by atoms with van der Waals surface area (Å²) in [6, 6.07) is 2.16. The molecule has 0 spiro atoms. The molecule has 0 saturated heterocycles. The monoisotopic (exact) mass is 285 g/mol. The molecule has 0 amide bonds. The molecule has 0 aliphatic heterocycles. The Labute approximate surface area is 115 Å². The number of halogens is 3. The zero-order valence-corrected chi connectivity index (χ0v) is 11.7. The van der Waals surface area contributed by atoms with Crippen molar-refractivity contribution < 1.29 is 13.2 Å². The number of hydrogen-bond donors (Lipinski definition) is 1. The second-order valence-electron chi connectivity index (χ2n) is 5.32. The minimum absolute atomic E-state index is 0.0409. The van der Waals surface area contributed by atoms with Gasteiger partial charge in [-0.2, -0.15) is 13.2 Å². The summed E-state index contributed by atoms with van der Waals surface area (Å²) in [7, 11) is 0. The van der Waals surface area contributed by atoms with Crippen LogP contribution >= 0.6 is 0 Å². The Bertz CT molecular complexity index is 614. The van der Waals surface area contributed by atoms with Crippen LogP contribution in [0, 0.1) is 0 Å². The van der Waals surface area contributed by atoms with Gasteiger partial charge in [-0.1, -0.05) is 20.8 Å². The van der Waals surface area contributed by atoms with Gasteiger partial charge in [0.15, 0.2) is 0 Å². The molecule has 2 N–H and O–H groups in total. The van der Waals surface area contributed by atoms with Gasteiger partial charge in [0.05, 0.1) is 11.3 Å². The number of aromatic nitrogens is 2. The van der Waals surface area contributed by atoms with Crippen LogP contribution < -0.4 is 5.73 Å². The number of nitrogens with two attached hydrogens (primary N) is 1. The molecule has 110 valence electrons. The second-order valence-corrected chi connectivity index (χ2v) is 5.32. The predicted molar refractivity (Wildman–Crippen MR) is 71.8 cm³/mol. The molecule has 2 rings (SSSR count). The Morgan fingerprint density at radius 1 is 1.30 bits per heavy atom. The zero-order chi connectivity index (χ0) is 15.1. The largest absolute Gasteiger partial charge is 0.416 e. The van der Waals surface area contributed by atoms with Crippen LogP contribution in [0.25, 0.3) is 5.65 Å². The highest BCUT2D eigenvalue weighted by Gasteiger charge is 2.31. The molecule has 0 radical (unpaired) electrons. The lowest BCUT2D eigenvalue weighted by molar-refractivity contribution is -0.137. The molecule has 3 nitrogen and oxygen atoms in total. The third kappa shape index (κ3) is 2.52. The van der Waals surface area contributed by atoms with E-state index in [9.17, 15) is 13.2 Å². The fourth-order valence-corrected chi connectivity index (χ4v) is 2.28. The minimum atomic E-state index is -4.36. The lowest BCUT2D eigenvalue weighted by Crippen LogP contribution is -2.13. The number of pyridine rings is 1. The quantitative estimate of drug-likeness (QED) is 0.937. The van der Waals surface area contributed by atoms with Crippen molar-refractivity contribution in [1.82, 2.24) is 9.38 Å². The predicted octanol–water partition coefficient (Wildman–Crippen LogP) is 3.54. The van der Waals surface area contributed by atoms with E-state index in [1.165, 1.54) is 6.20 Å². The van der Waals surface area contributed by atoms with E-state index < -0.39 is 11.7 Å². The molecule has 1 unspecified atom stereocenters. The van der Waals surface area contributed by atoms with Crippen LogP contribution in [0.4, 0.5) is 13.2 Å². The van der Waals surface area contributed by atoms with E-state index in [1.54, 1.807) is 4.40 Å². The van der Waals surface area contributed by atoms with Gasteiger partial charge < -0.3 is 10.1 Å². The molecular weight excluding hydrogens is 267 g/mol. The van der Waals surface area contributed by atoms with Crippen molar-refractivity contribution in [3.63, 3.8) is 0 Å². The van der Waals surface area contributed by atoms with Crippen molar-refractivity contribution in [2.45, 2.75) is 38.8 Å². The van der Waals surface area contributed by atoms with Crippen molar-refractivity contribution in [3.8, 4) is 0 Å². The third-order valence-electron chi connectivity index (χ3n) is 3.39. The van der Waals surface area contributed by atoms with Crippen LogP contribution in [-0.2, 0) is 6.18 Å². The summed E-state index contributed by atoms with van der Waals surface area (Å²) in [5.74, 6) is 0.173. The molecule has 2 aromatic heterocycles. The highest BCUT2D eigenvalue weighted by atomic mass is 19.4. The average Bonchev–Trinajstić information content (AvgIpc) is 2.75. The van der Waals surface area contributed by atoms with E-state index in [4.69, 9.17) is 5.73 Å². The Hall–Kier alpha value is -1.56. The SMILES string of the molecule is CC(C)c1nc2cc(C(F)(F)F)ccn2c1C(C)CN. The molecule has 2 heterocycles. The van der Waals surface area contributed by atoms with Crippen molar-refractivity contribution >= 4 is 5.65 Å². The summed E-state index contributed by atoms with van der Waals surface area (Å²) >= 11 is 0. The standard InChI is InChI=1S/C14H18F3N3/c1-8(2)12-13(9(3)7-18)20-5-4-10(14(15,16)17)6-11(20)19-12/h4-6,8-9H,7,18H2,1-3H3. The Balaban J connectivity index is 2.68. The van der Waals surface area contributed by atoms with Gasteiger partial charge in [0, 0.05) is 24.4 Å². The van der Waals surface area contributed by atoms with Crippen LogP contribution in [0.3, 0.4) is 0 Å². The highest BCUT2D eigenvalue weighted by Crippen LogP contribution is 2.32. The van der Waals surface area contributed by atoms with Crippen molar-refractivity contribution in [1.29, 1.82) is 0 Å². The van der Waals surface area contributed by atoms with E-state index in [0.29, 0.717) is 12.2 Å². The smallest absolute Gasteiger partial charge is 0.330 e. The molecule has 6 heteroatoms. The van der Waals surface area contributed by atoms with E-state index in [-0.39, 0.29) is 11.8 Å². The average molecular weight is 285 g/mol. The topological polar surface area (TPSA) is 43.3 Å². The van der Waals surface area contributed by atoms with Gasteiger partial charge in [0.25, 0.3) is 0 Å². The number of hydrogen-bond acceptors (Lipinski definition) is 2. The molecule has 20 heavy (non-hydrogen) atoms. The summed E-state index contributed by atoms with van der Waals surface area (Å²) in [6.07, 6.45) is -2.93. The fourth-order valence-electron chi connectivity index (χ4n) is 2.28. The molecule has 0 aromatic carbocycles. The Kier molecular flexibility index (Phi) is 3.77. The van der Waals surface area contributed by atoms with Crippen LogP contribution in [-0.4, -0.2) is 15.9 Å². The molecule has 1 atom stereocenters. The maximum absolute atomic E-state index is 12.7. The maximum atomic E-state index is 12.7. The molecule has 0 aliphatic carbocycles. The van der Waals surface area contributed by atoms with E-state index in [1.807, 2.05) is 20.8 Å². The van der Waals surface area contributed by atoms with Crippen LogP contribution in [0.1, 0.15) is 49.6 Å². The van der Waals surface area contributed by atoms with Gasteiger partial charge in [-0.25, -0.2) is 4.98 Å². The minimum Gasteiger partial charge on any atom is -0.330 e. The van der Waals surface area contributed by atoms with Crippen molar-refractivity contribution in [2.75, 3.05) is 6.54 Å². The second kappa shape index (κ2) is 5.09. The lowest BCUT2D eigenvalue weighted by atomic mass is 10.00. The zero-order valence-electron chi connectivity index (χ0n) is 11.7. The number of imidazole rings is 1. The van der Waals surface area contributed by atoms with E-state index in [2.05, 4.69) is 4.98 Å². The van der Waals surface area contributed by atoms with Crippen LogP contribution in [0.5, 0.6) is 0 Å². The van der Waals surface area contributed by atoms with E-state index in [0.717, 1.165) is 23.5 Å². The van der Waals surface area contributed by atoms with Gasteiger partial charge >= 0.3 is 6.18 Å². The molecule has 0 fully saturated rings. The maximum Gasteiger partial charge on any atom is 0.416 e. The van der Waals surface area contributed by atoms with Gasteiger partial charge in [0.2, 0.25) is 0 Å². The fraction of sp³-hybridized carbons (Fsp3) is 0.500. The number of alkyl halides is 3. The van der Waals surface area contributed by atoms with Crippen LogP contribution in [0.2, 0.25) is 0 Å². The van der Waals surface area contributed by atoms with Gasteiger partial charge in [0.1, 0.15) is 5.65 Å². The number of rotatable bonds is 3. The van der Waals surface area contributed by atoms with Gasteiger partial charge in [-0.05, 0) is 18.1 Å². The third-order valence-corrected chi connectivity index (χ3v) is 3.39. The molecule has 2 aromatic rings. The first-order valence-corrected chi connectivity index (χ1v) is 6.54. The first kappa shape index (κ1) is 14.8. The summed E-state index contributed by atoms with van der Waals surface area (Å²) in [5.41, 5.74) is 7.04. The molecular formula is C14H18F3N3. The van der Waals surface area contributed by atoms with Gasteiger partial charge in [-0.15, -0.1) is 0 Å². The molecule has 0 aliphatic rings. The first-order chi connectivity index (χ1) is 9.25. The number of fused-ring (bicyclic) bond motifs is 1. The first-order valence-electron chi connectivity index (χ1n) is 6.54. The lowest BCUT2D eigenvalue weighted by Gasteiger charge is -2.13. The number of nitrogens with zero attached hydrogens (tertiary/aromatic N) is 2. The Morgan fingerprint density at radius 3 is 2.45 bits per heavy atom. The van der Waals surface area contributed by atoms with Crippen molar-refractivity contribution in [2.24, 2.45) is 5.73 Å². The molecule has 0 bridgehead atoms. The summed E-state index contributed by atoms with van der Waals surface area (Å²) in [6.45, 7) is 6.32. The summed E-state index contributed by atoms with van der Waals surface area (Å²) in [5, 5.41) is 0. The van der Waals surface area contributed by atoms with Gasteiger partial charge in [-0.3, -0.25) is 0 Å². The van der Waals surface area contributed by atoms with Crippen molar-refractivity contribution in [3.05, 3.63) is 35.3 Å². The Morgan fingerprint density at radius 2 is 1.95 bits per heavy atom.